The third-order valence-corrected chi connectivity index (χ3v) is 5.09. The first-order chi connectivity index (χ1) is 15.0. The van der Waals surface area contributed by atoms with Crippen LogP contribution in [0.5, 0.6) is 5.75 Å². The van der Waals surface area contributed by atoms with E-state index < -0.39 is 0 Å². The standard InChI is InChI=1S/C22H20ClN5O3/c1-13-20(21(29)24-17-6-4-5-7-19(17)30-3)26-27-28(13)12-18-14(2)31-22(25-18)15-8-10-16(23)11-9-15/h4-11H,12H2,1-3H3,(H,24,29). The second kappa shape index (κ2) is 8.61. The number of aromatic nitrogens is 4. The summed E-state index contributed by atoms with van der Waals surface area (Å²) in [6, 6.07) is 14.4. The SMILES string of the molecule is COc1ccccc1NC(=O)c1nnn(Cc2nc(-c3ccc(Cl)cc3)oc2C)c1C. The number of halogens is 1. The van der Waals surface area contributed by atoms with Crippen LogP contribution in [0, 0.1) is 13.8 Å². The number of nitrogens with one attached hydrogen (secondary N) is 1. The van der Waals surface area contributed by atoms with Gasteiger partial charge < -0.3 is 14.5 Å². The minimum absolute atomic E-state index is 0.227. The molecular weight excluding hydrogens is 418 g/mol. The number of carbonyl (C=O) groups is 1. The molecule has 0 spiro atoms. The summed E-state index contributed by atoms with van der Waals surface area (Å²) in [7, 11) is 1.55. The van der Waals surface area contributed by atoms with Crippen LogP contribution in [0.4, 0.5) is 5.69 Å². The van der Waals surface area contributed by atoms with Crippen molar-refractivity contribution < 1.29 is 13.9 Å². The van der Waals surface area contributed by atoms with Crippen molar-refractivity contribution in [2.75, 3.05) is 12.4 Å². The van der Waals surface area contributed by atoms with Crippen molar-refractivity contribution in [2.24, 2.45) is 0 Å². The van der Waals surface area contributed by atoms with Gasteiger partial charge in [-0.15, -0.1) is 5.10 Å². The van der Waals surface area contributed by atoms with E-state index in [1.54, 1.807) is 43.0 Å². The molecule has 2 heterocycles. The van der Waals surface area contributed by atoms with Crippen LogP contribution in [-0.4, -0.2) is 33.0 Å². The first kappa shape index (κ1) is 20.6. The van der Waals surface area contributed by atoms with Gasteiger partial charge in [0.05, 0.1) is 25.0 Å². The van der Waals surface area contributed by atoms with E-state index in [-0.39, 0.29) is 11.6 Å². The van der Waals surface area contributed by atoms with Crippen LogP contribution in [-0.2, 0) is 6.54 Å². The Morgan fingerprint density at radius 2 is 1.90 bits per heavy atom. The minimum atomic E-state index is -0.369. The Bertz CT molecular complexity index is 1230. The number of oxazole rings is 1. The van der Waals surface area contributed by atoms with Crippen molar-refractivity contribution in [3.05, 3.63) is 76.4 Å². The van der Waals surface area contributed by atoms with Gasteiger partial charge in [0.15, 0.2) is 5.69 Å². The second-order valence-corrected chi connectivity index (χ2v) is 7.30. The maximum Gasteiger partial charge on any atom is 0.278 e. The van der Waals surface area contributed by atoms with Crippen molar-refractivity contribution in [1.82, 2.24) is 20.0 Å². The van der Waals surface area contributed by atoms with Gasteiger partial charge in [-0.25, -0.2) is 9.67 Å². The van der Waals surface area contributed by atoms with Crippen LogP contribution in [0.1, 0.15) is 27.6 Å². The highest BCUT2D eigenvalue weighted by Crippen LogP contribution is 2.25. The Labute approximate surface area is 183 Å². The summed E-state index contributed by atoms with van der Waals surface area (Å²) in [5.41, 5.74) is 2.93. The number of nitrogens with zero attached hydrogens (tertiary/aromatic N) is 4. The highest BCUT2D eigenvalue weighted by Gasteiger charge is 2.20. The number of amides is 1. The smallest absolute Gasteiger partial charge is 0.278 e. The Kier molecular flexibility index (Phi) is 5.73. The third kappa shape index (κ3) is 4.29. The summed E-state index contributed by atoms with van der Waals surface area (Å²) in [5, 5.41) is 11.6. The molecule has 1 N–H and O–H groups in total. The minimum Gasteiger partial charge on any atom is -0.495 e. The average molecular weight is 438 g/mol. The lowest BCUT2D eigenvalue weighted by molar-refractivity contribution is 0.102. The Morgan fingerprint density at radius 3 is 2.65 bits per heavy atom. The van der Waals surface area contributed by atoms with Crippen LogP contribution >= 0.6 is 11.6 Å². The van der Waals surface area contributed by atoms with Crippen molar-refractivity contribution in [1.29, 1.82) is 0 Å². The van der Waals surface area contributed by atoms with Gasteiger partial charge >= 0.3 is 0 Å². The highest BCUT2D eigenvalue weighted by molar-refractivity contribution is 6.30. The Hall–Kier alpha value is -3.65. The molecule has 4 aromatic rings. The number of benzene rings is 2. The molecule has 0 fully saturated rings. The van der Waals surface area contributed by atoms with Crippen LogP contribution < -0.4 is 10.1 Å². The predicted octanol–water partition coefficient (Wildman–Crippen LogP) is 4.51. The molecule has 31 heavy (non-hydrogen) atoms. The van der Waals surface area contributed by atoms with Gasteiger partial charge in [-0.1, -0.05) is 28.9 Å². The summed E-state index contributed by atoms with van der Waals surface area (Å²) in [6.45, 7) is 3.94. The molecule has 0 aliphatic carbocycles. The fraction of sp³-hybridized carbons (Fsp3) is 0.182. The molecular formula is C22H20ClN5O3. The van der Waals surface area contributed by atoms with Gasteiger partial charge in [-0.05, 0) is 50.2 Å². The zero-order chi connectivity index (χ0) is 22.0. The van der Waals surface area contributed by atoms with Crippen LogP contribution in [0.15, 0.2) is 52.9 Å². The van der Waals surface area contributed by atoms with Crippen molar-refractivity contribution in [2.45, 2.75) is 20.4 Å². The lowest BCUT2D eigenvalue weighted by atomic mass is 10.2. The lowest BCUT2D eigenvalue weighted by Gasteiger charge is -2.09. The number of para-hydroxylation sites is 2. The third-order valence-electron chi connectivity index (χ3n) is 4.84. The summed E-state index contributed by atoms with van der Waals surface area (Å²) in [6.07, 6.45) is 0. The van der Waals surface area contributed by atoms with E-state index in [1.807, 2.05) is 31.2 Å². The number of aryl methyl sites for hydroxylation is 1. The first-order valence-corrected chi connectivity index (χ1v) is 9.90. The second-order valence-electron chi connectivity index (χ2n) is 6.86. The van der Waals surface area contributed by atoms with Gasteiger partial charge in [0.2, 0.25) is 5.89 Å². The number of hydrogen-bond acceptors (Lipinski definition) is 6. The zero-order valence-corrected chi connectivity index (χ0v) is 18.0. The summed E-state index contributed by atoms with van der Waals surface area (Å²) in [5.74, 6) is 1.36. The quantitative estimate of drug-likeness (QED) is 0.476. The van der Waals surface area contributed by atoms with Crippen LogP contribution in [0.2, 0.25) is 5.02 Å². The molecule has 0 unspecified atom stereocenters. The van der Waals surface area contributed by atoms with E-state index in [0.29, 0.717) is 46.0 Å². The van der Waals surface area contributed by atoms with E-state index in [4.69, 9.17) is 20.8 Å². The summed E-state index contributed by atoms with van der Waals surface area (Å²) in [4.78, 5) is 17.3. The highest BCUT2D eigenvalue weighted by atomic mass is 35.5. The normalized spacial score (nSPS) is 10.8. The Morgan fingerprint density at radius 1 is 1.16 bits per heavy atom. The monoisotopic (exact) mass is 437 g/mol. The molecule has 0 saturated heterocycles. The fourth-order valence-electron chi connectivity index (χ4n) is 3.08. The van der Waals surface area contributed by atoms with Crippen LogP contribution in [0.3, 0.4) is 0 Å². The molecule has 0 aliphatic heterocycles. The van der Waals surface area contributed by atoms with Gasteiger partial charge in [0, 0.05) is 10.6 Å². The van der Waals surface area contributed by atoms with E-state index in [2.05, 4.69) is 20.6 Å². The van der Waals surface area contributed by atoms with Gasteiger partial charge in [-0.2, -0.15) is 0 Å². The Balaban J connectivity index is 1.53. The van der Waals surface area contributed by atoms with E-state index in [1.165, 1.54) is 0 Å². The molecule has 9 heteroatoms. The molecule has 0 saturated carbocycles. The molecule has 0 aliphatic rings. The lowest BCUT2D eigenvalue weighted by Crippen LogP contribution is -2.15. The number of rotatable bonds is 6. The topological polar surface area (TPSA) is 95.1 Å². The van der Waals surface area contributed by atoms with Crippen molar-refractivity contribution in [3.8, 4) is 17.2 Å². The van der Waals surface area contributed by atoms with E-state index in [0.717, 1.165) is 5.56 Å². The number of methoxy groups -OCH3 is 1. The number of carbonyl (C=O) groups excluding carboxylic acids is 1. The molecule has 1 amide bonds. The molecule has 2 aromatic heterocycles. The van der Waals surface area contributed by atoms with Gasteiger partial charge in [0.25, 0.3) is 5.91 Å². The van der Waals surface area contributed by atoms with Crippen molar-refractivity contribution in [3.63, 3.8) is 0 Å². The zero-order valence-electron chi connectivity index (χ0n) is 17.2. The molecule has 0 atom stereocenters. The first-order valence-electron chi connectivity index (χ1n) is 9.53. The summed E-state index contributed by atoms with van der Waals surface area (Å²) < 4.78 is 12.7. The number of ether oxygens (including phenoxy) is 1. The molecule has 4 rings (SSSR count). The summed E-state index contributed by atoms with van der Waals surface area (Å²) >= 11 is 5.95. The average Bonchev–Trinajstić information content (AvgIpc) is 3.32. The number of anilines is 1. The molecule has 0 radical (unpaired) electrons. The van der Waals surface area contributed by atoms with E-state index in [9.17, 15) is 4.79 Å². The fourth-order valence-corrected chi connectivity index (χ4v) is 3.21. The largest absolute Gasteiger partial charge is 0.495 e. The van der Waals surface area contributed by atoms with Crippen molar-refractivity contribution >= 4 is 23.2 Å². The molecule has 0 bridgehead atoms. The van der Waals surface area contributed by atoms with Gasteiger partial charge in [0.1, 0.15) is 17.2 Å². The number of hydrogen-bond donors (Lipinski definition) is 1. The maximum atomic E-state index is 12.7. The van der Waals surface area contributed by atoms with Crippen LogP contribution in [0.25, 0.3) is 11.5 Å². The van der Waals surface area contributed by atoms with Gasteiger partial charge in [-0.3, -0.25) is 4.79 Å². The molecule has 2 aromatic carbocycles. The molecule has 158 valence electrons. The maximum absolute atomic E-state index is 12.7. The predicted molar refractivity (Wildman–Crippen MR) is 116 cm³/mol. The van der Waals surface area contributed by atoms with E-state index >= 15 is 0 Å². The molecule has 8 nitrogen and oxygen atoms in total.